The van der Waals surface area contributed by atoms with Crippen molar-refractivity contribution in [2.24, 2.45) is 11.1 Å². The number of nitrogens with two attached hydrogens (primary N) is 1. The Morgan fingerprint density at radius 1 is 1.24 bits per heavy atom. The predicted octanol–water partition coefficient (Wildman–Crippen LogP) is 1.67. The molecule has 1 aromatic rings. The number of anilines is 1. The van der Waals surface area contributed by atoms with Crippen LogP contribution in [0.2, 0.25) is 0 Å². The normalized spacial score (nSPS) is 28.0. The topological polar surface area (TPSA) is 84.2 Å². The highest BCUT2D eigenvalue weighted by atomic mass is 32.2. The Hall–Kier alpha value is -1.11. The fraction of sp³-hybridized carbons (Fsp3) is 0.600. The van der Waals surface area contributed by atoms with E-state index < -0.39 is 10.0 Å². The molecule has 3 rings (SSSR count). The molecule has 2 saturated carbocycles. The van der Waals surface area contributed by atoms with Crippen LogP contribution in [0.4, 0.5) is 5.69 Å². The van der Waals surface area contributed by atoms with Gasteiger partial charge in [-0.15, -0.1) is 0 Å². The highest BCUT2D eigenvalue weighted by Crippen LogP contribution is 2.41. The minimum atomic E-state index is -3.45. The fourth-order valence-corrected chi connectivity index (χ4v) is 4.17. The van der Waals surface area contributed by atoms with Crippen molar-refractivity contribution in [2.75, 3.05) is 5.32 Å². The molecule has 0 saturated heterocycles. The van der Waals surface area contributed by atoms with E-state index in [1.54, 1.807) is 12.1 Å². The predicted molar refractivity (Wildman–Crippen MR) is 83.6 cm³/mol. The number of rotatable bonds is 5. The van der Waals surface area contributed by atoms with Crippen LogP contribution in [0.25, 0.3) is 0 Å². The van der Waals surface area contributed by atoms with E-state index in [0.29, 0.717) is 10.6 Å². The monoisotopic (exact) mass is 309 g/mol. The van der Waals surface area contributed by atoms with Gasteiger partial charge < -0.3 is 11.1 Å². The van der Waals surface area contributed by atoms with Crippen molar-refractivity contribution in [3.8, 4) is 0 Å². The zero-order valence-electron chi connectivity index (χ0n) is 12.5. The summed E-state index contributed by atoms with van der Waals surface area (Å²) in [5.41, 5.74) is 6.66. The maximum Gasteiger partial charge on any atom is 0.242 e. The van der Waals surface area contributed by atoms with Crippen LogP contribution >= 0.6 is 0 Å². The lowest BCUT2D eigenvalue weighted by Crippen LogP contribution is -2.61. The molecule has 4 N–H and O–H groups in total. The summed E-state index contributed by atoms with van der Waals surface area (Å²) < 4.78 is 27.6. The summed E-state index contributed by atoms with van der Waals surface area (Å²) >= 11 is 0. The third kappa shape index (κ3) is 2.80. The molecule has 1 aromatic carbocycles. The number of hydrogen-bond acceptors (Lipinski definition) is 4. The molecule has 116 valence electrons. The van der Waals surface area contributed by atoms with Gasteiger partial charge in [-0.1, -0.05) is 26.0 Å². The average molecular weight is 309 g/mol. The Kier molecular flexibility index (Phi) is 3.50. The van der Waals surface area contributed by atoms with Crippen molar-refractivity contribution in [1.29, 1.82) is 0 Å². The van der Waals surface area contributed by atoms with Crippen LogP contribution in [-0.4, -0.2) is 26.5 Å². The molecule has 0 amide bonds. The van der Waals surface area contributed by atoms with Crippen LogP contribution in [0.3, 0.4) is 0 Å². The number of hydrogen-bond donors (Lipinski definition) is 3. The van der Waals surface area contributed by atoms with E-state index in [9.17, 15) is 8.42 Å². The van der Waals surface area contributed by atoms with Gasteiger partial charge in [0.15, 0.2) is 0 Å². The van der Waals surface area contributed by atoms with Gasteiger partial charge in [0.2, 0.25) is 10.0 Å². The van der Waals surface area contributed by atoms with Crippen LogP contribution in [0, 0.1) is 5.41 Å². The van der Waals surface area contributed by atoms with Crippen LogP contribution in [0.1, 0.15) is 33.1 Å². The molecule has 2 fully saturated rings. The first kappa shape index (κ1) is 14.8. The maximum absolute atomic E-state index is 12.4. The second-order valence-corrected chi connectivity index (χ2v) is 8.43. The molecule has 0 bridgehead atoms. The van der Waals surface area contributed by atoms with E-state index in [-0.39, 0.29) is 23.5 Å². The van der Waals surface area contributed by atoms with Gasteiger partial charge >= 0.3 is 0 Å². The zero-order valence-corrected chi connectivity index (χ0v) is 13.3. The van der Waals surface area contributed by atoms with Gasteiger partial charge in [-0.25, -0.2) is 13.1 Å². The summed E-state index contributed by atoms with van der Waals surface area (Å²) in [4.78, 5) is 0.327. The molecular weight excluding hydrogens is 286 g/mol. The van der Waals surface area contributed by atoms with Crippen LogP contribution < -0.4 is 15.8 Å². The van der Waals surface area contributed by atoms with Crippen LogP contribution in [0.15, 0.2) is 29.2 Å². The van der Waals surface area contributed by atoms with Crippen molar-refractivity contribution < 1.29 is 8.42 Å². The van der Waals surface area contributed by atoms with Crippen LogP contribution in [-0.2, 0) is 10.0 Å². The minimum Gasteiger partial charge on any atom is -0.381 e. The summed E-state index contributed by atoms with van der Waals surface area (Å²) in [7, 11) is -3.45. The fourth-order valence-electron chi connectivity index (χ4n) is 2.70. The summed E-state index contributed by atoms with van der Waals surface area (Å²) in [5.74, 6) is 0. The molecule has 0 aromatic heterocycles. The molecule has 0 radical (unpaired) electrons. The molecule has 2 atom stereocenters. The summed E-state index contributed by atoms with van der Waals surface area (Å²) in [5, 5.41) is 3.37. The Labute approximate surface area is 126 Å². The molecule has 0 aliphatic heterocycles. The summed E-state index contributed by atoms with van der Waals surface area (Å²) in [6, 6.07) is 7.54. The lowest BCUT2D eigenvalue weighted by atomic mass is 9.63. The standard InChI is InChI=1S/C15H23N3O2S/c1-15(2)13(16)9-14(15)17-11-5-3-4-6-12(11)21(19,20)18-10-7-8-10/h3-6,10,13-14,17-18H,7-9,16H2,1-2H3. The first-order valence-electron chi connectivity index (χ1n) is 7.44. The molecule has 2 aliphatic rings. The largest absolute Gasteiger partial charge is 0.381 e. The van der Waals surface area contributed by atoms with Gasteiger partial charge in [0.05, 0.1) is 5.69 Å². The van der Waals surface area contributed by atoms with Crippen molar-refractivity contribution in [3.05, 3.63) is 24.3 Å². The summed E-state index contributed by atoms with van der Waals surface area (Å²) in [6.07, 6.45) is 2.72. The quantitative estimate of drug-likeness (QED) is 0.772. The van der Waals surface area contributed by atoms with E-state index in [2.05, 4.69) is 23.9 Å². The van der Waals surface area contributed by atoms with Gasteiger partial charge in [0.1, 0.15) is 4.90 Å². The minimum absolute atomic E-state index is 0.0270. The van der Waals surface area contributed by atoms with E-state index >= 15 is 0 Å². The number of nitrogens with one attached hydrogen (secondary N) is 2. The number of sulfonamides is 1. The zero-order chi connectivity index (χ0) is 15.3. The molecule has 6 heteroatoms. The van der Waals surface area contributed by atoms with E-state index in [1.165, 1.54) is 0 Å². The molecule has 0 spiro atoms. The van der Waals surface area contributed by atoms with Crippen molar-refractivity contribution in [2.45, 2.75) is 56.1 Å². The van der Waals surface area contributed by atoms with Crippen LogP contribution in [0.5, 0.6) is 0 Å². The van der Waals surface area contributed by atoms with E-state index in [0.717, 1.165) is 19.3 Å². The Balaban J connectivity index is 1.83. The average Bonchev–Trinajstić information content (AvgIpc) is 3.22. The molecular formula is C15H23N3O2S. The van der Waals surface area contributed by atoms with Crippen molar-refractivity contribution in [1.82, 2.24) is 4.72 Å². The van der Waals surface area contributed by atoms with Gasteiger partial charge in [0, 0.05) is 23.5 Å². The molecule has 21 heavy (non-hydrogen) atoms. The van der Waals surface area contributed by atoms with Crippen molar-refractivity contribution >= 4 is 15.7 Å². The Bertz CT molecular complexity index is 638. The second-order valence-electron chi connectivity index (χ2n) is 6.75. The van der Waals surface area contributed by atoms with E-state index in [4.69, 9.17) is 5.73 Å². The number of benzene rings is 1. The molecule has 0 heterocycles. The molecule has 2 aliphatic carbocycles. The maximum atomic E-state index is 12.4. The lowest BCUT2D eigenvalue weighted by molar-refractivity contribution is 0.117. The van der Waals surface area contributed by atoms with Gasteiger partial charge in [0.25, 0.3) is 0 Å². The second kappa shape index (κ2) is 4.97. The van der Waals surface area contributed by atoms with Gasteiger partial charge in [-0.2, -0.15) is 0 Å². The molecule has 5 nitrogen and oxygen atoms in total. The Morgan fingerprint density at radius 2 is 1.90 bits per heavy atom. The SMILES string of the molecule is CC1(C)C(N)CC1Nc1ccccc1S(=O)(=O)NC1CC1. The summed E-state index contributed by atoms with van der Waals surface area (Å²) in [6.45, 7) is 4.22. The van der Waals surface area contributed by atoms with Gasteiger partial charge in [-0.3, -0.25) is 0 Å². The van der Waals surface area contributed by atoms with Crippen molar-refractivity contribution in [3.63, 3.8) is 0 Å². The third-order valence-corrected chi connectivity index (χ3v) is 6.33. The Morgan fingerprint density at radius 3 is 2.48 bits per heavy atom. The molecule has 2 unspecified atom stereocenters. The highest BCUT2D eigenvalue weighted by molar-refractivity contribution is 7.89. The smallest absolute Gasteiger partial charge is 0.242 e. The third-order valence-electron chi connectivity index (χ3n) is 4.75. The first-order valence-corrected chi connectivity index (χ1v) is 8.92. The first-order chi connectivity index (χ1) is 9.80. The lowest BCUT2D eigenvalue weighted by Gasteiger charge is -2.51. The number of para-hydroxylation sites is 1. The van der Waals surface area contributed by atoms with E-state index in [1.807, 2.05) is 12.1 Å². The highest BCUT2D eigenvalue weighted by Gasteiger charge is 2.46. The van der Waals surface area contributed by atoms with Gasteiger partial charge in [-0.05, 0) is 31.4 Å².